The highest BCUT2D eigenvalue weighted by Gasteiger charge is 2.15. The molecule has 1 N–H and O–H groups in total. The van der Waals surface area contributed by atoms with Crippen molar-refractivity contribution in [2.75, 3.05) is 13.1 Å². The molecule has 4 rings (SSSR count). The molecule has 1 saturated heterocycles. The Morgan fingerprint density at radius 3 is 2.40 bits per heavy atom. The quantitative estimate of drug-likeness (QED) is 0.759. The molecule has 25 heavy (non-hydrogen) atoms. The van der Waals surface area contributed by atoms with Crippen molar-refractivity contribution in [2.45, 2.75) is 32.6 Å². The number of pyridine rings is 1. The van der Waals surface area contributed by atoms with E-state index in [9.17, 15) is 0 Å². The van der Waals surface area contributed by atoms with Crippen molar-refractivity contribution >= 4 is 0 Å². The Balaban J connectivity index is 1.63. The third-order valence-electron chi connectivity index (χ3n) is 5.21. The minimum Gasteiger partial charge on any atom is -0.316 e. The highest BCUT2D eigenvalue weighted by atomic mass is 15.1. The van der Waals surface area contributed by atoms with Gasteiger partial charge in [-0.2, -0.15) is 0 Å². The van der Waals surface area contributed by atoms with Crippen LogP contribution >= 0.6 is 0 Å². The number of nitrogens with one attached hydrogen (secondary N) is 1. The first kappa shape index (κ1) is 16.1. The molecule has 3 aromatic rings. The van der Waals surface area contributed by atoms with Gasteiger partial charge in [0, 0.05) is 23.5 Å². The monoisotopic (exact) mass is 331 g/mol. The minimum absolute atomic E-state index is 0.646. The van der Waals surface area contributed by atoms with Crippen molar-refractivity contribution in [3.8, 4) is 17.1 Å². The highest BCUT2D eigenvalue weighted by Crippen LogP contribution is 2.26. The van der Waals surface area contributed by atoms with Crippen LogP contribution in [0.5, 0.6) is 0 Å². The van der Waals surface area contributed by atoms with Crippen molar-refractivity contribution in [1.82, 2.24) is 14.9 Å². The molecule has 1 aliphatic heterocycles. The van der Waals surface area contributed by atoms with Crippen molar-refractivity contribution in [3.63, 3.8) is 0 Å². The number of rotatable bonds is 3. The summed E-state index contributed by atoms with van der Waals surface area (Å²) in [4.78, 5) is 4.90. The molecule has 0 radical (unpaired) electrons. The smallest absolute Gasteiger partial charge is 0.137 e. The molecule has 1 atom stereocenters. The number of aromatic nitrogens is 2. The van der Waals surface area contributed by atoms with Gasteiger partial charge in [0.1, 0.15) is 5.82 Å². The topological polar surface area (TPSA) is 29.9 Å². The Hall–Kier alpha value is -2.39. The van der Waals surface area contributed by atoms with E-state index in [-0.39, 0.29) is 0 Å². The van der Waals surface area contributed by atoms with Gasteiger partial charge in [-0.15, -0.1) is 0 Å². The van der Waals surface area contributed by atoms with Gasteiger partial charge in [-0.05, 0) is 69.0 Å². The molecule has 1 fully saturated rings. The van der Waals surface area contributed by atoms with Crippen molar-refractivity contribution in [3.05, 3.63) is 71.5 Å². The first-order valence-electron chi connectivity index (χ1n) is 9.16. The zero-order valence-electron chi connectivity index (χ0n) is 15.0. The van der Waals surface area contributed by atoms with Crippen LogP contribution < -0.4 is 5.32 Å². The number of nitrogens with zero attached hydrogens (tertiary/aromatic N) is 2. The third-order valence-corrected chi connectivity index (χ3v) is 5.21. The van der Waals surface area contributed by atoms with E-state index < -0.39 is 0 Å². The van der Waals surface area contributed by atoms with Crippen LogP contribution in [0.1, 0.15) is 35.7 Å². The predicted molar refractivity (Wildman–Crippen MR) is 103 cm³/mol. The lowest BCUT2D eigenvalue weighted by Gasteiger charge is -2.23. The number of benzene rings is 1. The van der Waals surface area contributed by atoms with Crippen LogP contribution in [0.4, 0.5) is 0 Å². The predicted octanol–water partition coefficient (Wildman–Crippen LogP) is 4.62. The van der Waals surface area contributed by atoms with Gasteiger partial charge in [-0.3, -0.25) is 0 Å². The van der Waals surface area contributed by atoms with Crippen LogP contribution in [0.25, 0.3) is 17.1 Å². The summed E-state index contributed by atoms with van der Waals surface area (Å²) in [6, 6.07) is 19.5. The Bertz CT molecular complexity index is 836. The Labute approximate surface area is 149 Å². The van der Waals surface area contributed by atoms with Crippen molar-refractivity contribution in [2.24, 2.45) is 0 Å². The van der Waals surface area contributed by atoms with Crippen LogP contribution in [0.2, 0.25) is 0 Å². The van der Waals surface area contributed by atoms with E-state index >= 15 is 0 Å². The zero-order valence-corrected chi connectivity index (χ0v) is 15.0. The molecule has 128 valence electrons. The number of aryl methyl sites for hydroxylation is 2. The Morgan fingerprint density at radius 1 is 0.960 bits per heavy atom. The largest absolute Gasteiger partial charge is 0.316 e. The van der Waals surface area contributed by atoms with E-state index in [2.05, 4.69) is 78.3 Å². The molecule has 0 bridgehead atoms. The molecule has 3 heteroatoms. The molecule has 0 aliphatic carbocycles. The van der Waals surface area contributed by atoms with Gasteiger partial charge in [0.15, 0.2) is 0 Å². The summed E-state index contributed by atoms with van der Waals surface area (Å²) in [5.74, 6) is 1.63. The van der Waals surface area contributed by atoms with Gasteiger partial charge in [0.2, 0.25) is 0 Å². The summed E-state index contributed by atoms with van der Waals surface area (Å²) in [6.45, 7) is 6.49. The van der Waals surface area contributed by atoms with Crippen molar-refractivity contribution in [1.29, 1.82) is 0 Å². The maximum atomic E-state index is 4.90. The van der Waals surface area contributed by atoms with Crippen LogP contribution in [0.3, 0.4) is 0 Å². The van der Waals surface area contributed by atoms with Gasteiger partial charge in [0.05, 0.1) is 5.69 Å². The molecule has 3 nitrogen and oxygen atoms in total. The molecule has 1 unspecified atom stereocenters. The molecule has 3 heterocycles. The van der Waals surface area contributed by atoms with Crippen molar-refractivity contribution < 1.29 is 0 Å². The zero-order chi connectivity index (χ0) is 17.2. The summed E-state index contributed by atoms with van der Waals surface area (Å²) in [6.07, 6.45) is 2.55. The fraction of sp³-hybridized carbons (Fsp3) is 0.318. The number of hydrogen-bond acceptors (Lipinski definition) is 2. The molecule has 2 aromatic heterocycles. The summed E-state index contributed by atoms with van der Waals surface area (Å²) >= 11 is 0. The lowest BCUT2D eigenvalue weighted by Crippen LogP contribution is -2.28. The average Bonchev–Trinajstić information content (AvgIpc) is 3.01. The van der Waals surface area contributed by atoms with E-state index in [4.69, 9.17) is 4.98 Å². The molecule has 0 spiro atoms. The molecule has 1 aliphatic rings. The van der Waals surface area contributed by atoms with Gasteiger partial charge >= 0.3 is 0 Å². The number of hydrogen-bond donors (Lipinski definition) is 1. The summed E-state index contributed by atoms with van der Waals surface area (Å²) in [5.41, 5.74) is 6.06. The standard InChI is InChI=1S/C22H25N3/c1-16-8-9-17(2)25(16)22-7-3-6-21(24-22)19-12-10-18(11-13-19)20-5-4-14-23-15-20/h3,6-13,20,23H,4-5,14-15H2,1-2H3. The fourth-order valence-electron chi connectivity index (χ4n) is 3.80. The molecular formula is C22H25N3. The minimum atomic E-state index is 0.646. The first-order chi connectivity index (χ1) is 12.2. The highest BCUT2D eigenvalue weighted by molar-refractivity contribution is 5.60. The maximum Gasteiger partial charge on any atom is 0.137 e. The fourth-order valence-corrected chi connectivity index (χ4v) is 3.80. The molecular weight excluding hydrogens is 306 g/mol. The third kappa shape index (κ3) is 3.24. The van der Waals surface area contributed by atoms with Crippen LogP contribution in [0, 0.1) is 13.8 Å². The van der Waals surface area contributed by atoms with Crippen LogP contribution in [0.15, 0.2) is 54.6 Å². The van der Waals surface area contributed by atoms with Crippen LogP contribution in [-0.2, 0) is 0 Å². The SMILES string of the molecule is Cc1ccc(C)n1-c1cccc(-c2ccc(C3CCCNC3)cc2)n1. The molecule has 0 saturated carbocycles. The second kappa shape index (κ2) is 6.85. The van der Waals surface area contributed by atoms with E-state index in [1.54, 1.807) is 0 Å². The van der Waals surface area contributed by atoms with Gasteiger partial charge in [-0.1, -0.05) is 30.3 Å². The van der Waals surface area contributed by atoms with E-state index in [1.807, 2.05) is 0 Å². The van der Waals surface area contributed by atoms with E-state index in [1.165, 1.54) is 35.4 Å². The lowest BCUT2D eigenvalue weighted by molar-refractivity contribution is 0.461. The molecule has 0 amide bonds. The normalized spacial score (nSPS) is 17.6. The summed E-state index contributed by atoms with van der Waals surface area (Å²) in [5, 5.41) is 3.50. The molecule has 1 aromatic carbocycles. The van der Waals surface area contributed by atoms with Gasteiger partial charge in [-0.25, -0.2) is 4.98 Å². The second-order valence-corrected chi connectivity index (χ2v) is 7.00. The second-order valence-electron chi connectivity index (χ2n) is 7.00. The first-order valence-corrected chi connectivity index (χ1v) is 9.16. The average molecular weight is 331 g/mol. The Morgan fingerprint density at radius 2 is 1.72 bits per heavy atom. The summed E-state index contributed by atoms with van der Waals surface area (Å²) in [7, 11) is 0. The number of piperidine rings is 1. The van der Waals surface area contributed by atoms with E-state index in [0.717, 1.165) is 24.6 Å². The van der Waals surface area contributed by atoms with Crippen LogP contribution in [-0.4, -0.2) is 22.6 Å². The van der Waals surface area contributed by atoms with Gasteiger partial charge < -0.3 is 9.88 Å². The van der Waals surface area contributed by atoms with E-state index in [0.29, 0.717) is 5.92 Å². The van der Waals surface area contributed by atoms with Gasteiger partial charge in [0.25, 0.3) is 0 Å². The summed E-state index contributed by atoms with van der Waals surface area (Å²) < 4.78 is 2.20. The Kier molecular flexibility index (Phi) is 4.41. The maximum absolute atomic E-state index is 4.90. The lowest BCUT2D eigenvalue weighted by atomic mass is 9.91.